The van der Waals surface area contributed by atoms with Crippen LogP contribution < -0.4 is 0 Å². The molecule has 0 bridgehead atoms. The van der Waals surface area contributed by atoms with Gasteiger partial charge >= 0.3 is 0 Å². The second kappa shape index (κ2) is 4.56. The lowest BCUT2D eigenvalue weighted by Gasteiger charge is -2.09. The van der Waals surface area contributed by atoms with Crippen molar-refractivity contribution in [2.75, 3.05) is 0 Å². The molecule has 0 saturated heterocycles. The summed E-state index contributed by atoms with van der Waals surface area (Å²) < 4.78 is 16.5. The number of rotatable bonds is 1. The largest absolute Gasteiger partial charge is 0.623 e. The Labute approximate surface area is 126 Å². The lowest BCUT2D eigenvalue weighted by atomic mass is 10.0. The van der Waals surface area contributed by atoms with E-state index in [1.54, 1.807) is 18.3 Å². The quantitative estimate of drug-likeness (QED) is 0.554. The standard InChI is InChI=1S/C16H13FN4O/c1-10-8-20-14-5-4-11(17)7-12(14)16(13-3-2-6-18-13)21(22)9-15(20)19-10/h2-8,18H,9H2,1H3. The van der Waals surface area contributed by atoms with Crippen LogP contribution in [0.3, 0.4) is 0 Å². The van der Waals surface area contributed by atoms with Crippen LogP contribution in [-0.2, 0) is 6.54 Å². The molecule has 0 spiro atoms. The minimum absolute atomic E-state index is 0.110. The predicted molar refractivity (Wildman–Crippen MR) is 79.6 cm³/mol. The molecule has 22 heavy (non-hydrogen) atoms. The summed E-state index contributed by atoms with van der Waals surface area (Å²) in [4.78, 5) is 7.43. The summed E-state index contributed by atoms with van der Waals surface area (Å²) in [6.45, 7) is 1.98. The van der Waals surface area contributed by atoms with Gasteiger partial charge in [0.15, 0.2) is 5.82 Å². The topological polar surface area (TPSA) is 59.7 Å². The van der Waals surface area contributed by atoms with E-state index in [0.717, 1.165) is 16.1 Å². The van der Waals surface area contributed by atoms with E-state index in [0.29, 0.717) is 22.8 Å². The van der Waals surface area contributed by atoms with Gasteiger partial charge in [0.05, 0.1) is 16.9 Å². The van der Waals surface area contributed by atoms with E-state index < -0.39 is 0 Å². The smallest absolute Gasteiger partial charge is 0.244 e. The van der Waals surface area contributed by atoms with Crippen molar-refractivity contribution >= 4 is 5.71 Å². The van der Waals surface area contributed by atoms with Gasteiger partial charge in [-0.25, -0.2) is 9.37 Å². The number of fused-ring (bicyclic) bond motifs is 3. The molecular formula is C16H13FN4O. The van der Waals surface area contributed by atoms with Crippen LogP contribution in [0.25, 0.3) is 5.69 Å². The summed E-state index contributed by atoms with van der Waals surface area (Å²) in [6.07, 6.45) is 3.60. The van der Waals surface area contributed by atoms with Crippen LogP contribution in [0.1, 0.15) is 22.8 Å². The molecule has 0 saturated carbocycles. The first-order chi connectivity index (χ1) is 10.6. The molecule has 1 N–H and O–H groups in total. The summed E-state index contributed by atoms with van der Waals surface area (Å²) in [6, 6.07) is 8.07. The third kappa shape index (κ3) is 1.84. The van der Waals surface area contributed by atoms with Gasteiger partial charge in [0, 0.05) is 12.4 Å². The number of halogens is 1. The number of benzene rings is 1. The fourth-order valence-corrected chi connectivity index (χ4v) is 2.87. The van der Waals surface area contributed by atoms with Crippen molar-refractivity contribution in [3.05, 3.63) is 76.5 Å². The zero-order valence-corrected chi connectivity index (χ0v) is 11.9. The number of H-pyrrole nitrogens is 1. The minimum atomic E-state index is -0.378. The maximum absolute atomic E-state index is 13.8. The van der Waals surface area contributed by atoms with E-state index in [1.807, 2.05) is 23.8 Å². The Morgan fingerprint density at radius 3 is 3.00 bits per heavy atom. The Balaban J connectivity index is 2.07. The first-order valence-corrected chi connectivity index (χ1v) is 6.94. The van der Waals surface area contributed by atoms with Crippen molar-refractivity contribution in [1.29, 1.82) is 0 Å². The molecule has 1 aliphatic heterocycles. The molecule has 5 nitrogen and oxygen atoms in total. The maximum atomic E-state index is 13.8. The van der Waals surface area contributed by atoms with Gasteiger partial charge in [-0.2, -0.15) is 4.74 Å². The zero-order valence-electron chi connectivity index (χ0n) is 11.9. The maximum Gasteiger partial charge on any atom is 0.244 e. The molecule has 0 radical (unpaired) electrons. The number of imidazole rings is 1. The monoisotopic (exact) mass is 296 g/mol. The molecule has 0 aliphatic carbocycles. The molecular weight excluding hydrogens is 283 g/mol. The molecule has 1 aromatic carbocycles. The SMILES string of the molecule is Cc1cn2c(n1)C[N+]([O-])=C(c1ccc[nH]1)c1cc(F)ccc1-2. The molecule has 0 amide bonds. The molecule has 110 valence electrons. The fourth-order valence-electron chi connectivity index (χ4n) is 2.87. The van der Waals surface area contributed by atoms with Crippen molar-refractivity contribution < 1.29 is 9.13 Å². The highest BCUT2D eigenvalue weighted by Gasteiger charge is 2.28. The van der Waals surface area contributed by atoms with E-state index in [9.17, 15) is 9.60 Å². The molecule has 6 heteroatoms. The molecule has 3 aromatic rings. The second-order valence-corrected chi connectivity index (χ2v) is 5.30. The zero-order chi connectivity index (χ0) is 15.3. The number of hydrogen-bond acceptors (Lipinski definition) is 2. The predicted octanol–water partition coefficient (Wildman–Crippen LogP) is 2.51. The fraction of sp³-hybridized carbons (Fsp3) is 0.125. The second-order valence-electron chi connectivity index (χ2n) is 5.30. The molecule has 0 atom stereocenters. The average molecular weight is 296 g/mol. The Morgan fingerprint density at radius 2 is 2.23 bits per heavy atom. The van der Waals surface area contributed by atoms with Crippen molar-refractivity contribution in [3.8, 4) is 5.69 Å². The number of aromatic nitrogens is 3. The van der Waals surface area contributed by atoms with Crippen LogP contribution in [0.4, 0.5) is 4.39 Å². The number of aromatic amines is 1. The Morgan fingerprint density at radius 1 is 1.36 bits per heavy atom. The van der Waals surface area contributed by atoms with E-state index in [-0.39, 0.29) is 12.4 Å². The summed E-state index contributed by atoms with van der Waals surface area (Å²) in [5.41, 5.74) is 3.20. The third-order valence-electron chi connectivity index (χ3n) is 3.76. The molecule has 3 heterocycles. The first kappa shape index (κ1) is 12.8. The van der Waals surface area contributed by atoms with Gasteiger partial charge < -0.3 is 10.2 Å². The van der Waals surface area contributed by atoms with Gasteiger partial charge in [0.1, 0.15) is 11.5 Å². The van der Waals surface area contributed by atoms with Gasteiger partial charge in [0.25, 0.3) is 0 Å². The minimum Gasteiger partial charge on any atom is -0.623 e. The van der Waals surface area contributed by atoms with Crippen LogP contribution in [-0.4, -0.2) is 25.0 Å². The highest BCUT2D eigenvalue weighted by molar-refractivity contribution is 6.11. The van der Waals surface area contributed by atoms with E-state index in [4.69, 9.17) is 0 Å². The average Bonchev–Trinajstić information content (AvgIpc) is 3.08. The highest BCUT2D eigenvalue weighted by atomic mass is 19.1. The summed E-state index contributed by atoms with van der Waals surface area (Å²) >= 11 is 0. The van der Waals surface area contributed by atoms with Crippen LogP contribution in [0.2, 0.25) is 0 Å². The number of nitrogens with zero attached hydrogens (tertiary/aromatic N) is 3. The molecule has 0 fully saturated rings. The first-order valence-electron chi connectivity index (χ1n) is 6.94. The van der Waals surface area contributed by atoms with E-state index in [1.165, 1.54) is 12.1 Å². The van der Waals surface area contributed by atoms with Gasteiger partial charge in [-0.3, -0.25) is 4.57 Å². The van der Waals surface area contributed by atoms with Gasteiger partial charge in [-0.15, -0.1) is 0 Å². The molecule has 1 aliphatic rings. The van der Waals surface area contributed by atoms with Crippen molar-refractivity contribution in [3.63, 3.8) is 0 Å². The number of aryl methyl sites for hydroxylation is 1. The number of hydrogen-bond donors (Lipinski definition) is 1. The Bertz CT molecular complexity index is 893. The summed E-state index contributed by atoms with van der Waals surface area (Å²) in [7, 11) is 0. The summed E-state index contributed by atoms with van der Waals surface area (Å²) in [5, 5.41) is 12.6. The van der Waals surface area contributed by atoms with Gasteiger partial charge in [0.2, 0.25) is 12.3 Å². The molecule has 4 rings (SSSR count). The van der Waals surface area contributed by atoms with Gasteiger partial charge in [-0.1, -0.05) is 0 Å². The van der Waals surface area contributed by atoms with Crippen LogP contribution in [0, 0.1) is 17.9 Å². The van der Waals surface area contributed by atoms with Gasteiger partial charge in [-0.05, 0) is 37.3 Å². The number of nitrogens with one attached hydrogen (secondary N) is 1. The Hall–Kier alpha value is -2.89. The summed E-state index contributed by atoms with van der Waals surface area (Å²) in [5.74, 6) is 0.262. The highest BCUT2D eigenvalue weighted by Crippen LogP contribution is 2.25. The molecule has 0 unspecified atom stereocenters. The van der Waals surface area contributed by atoms with E-state index in [2.05, 4.69) is 9.97 Å². The van der Waals surface area contributed by atoms with Crippen LogP contribution in [0.15, 0.2) is 42.7 Å². The van der Waals surface area contributed by atoms with Crippen LogP contribution in [0.5, 0.6) is 0 Å². The van der Waals surface area contributed by atoms with Crippen molar-refractivity contribution in [1.82, 2.24) is 14.5 Å². The third-order valence-corrected chi connectivity index (χ3v) is 3.76. The van der Waals surface area contributed by atoms with E-state index >= 15 is 0 Å². The van der Waals surface area contributed by atoms with Crippen LogP contribution >= 0.6 is 0 Å². The van der Waals surface area contributed by atoms with Crippen molar-refractivity contribution in [2.45, 2.75) is 13.5 Å². The van der Waals surface area contributed by atoms with Crippen molar-refractivity contribution in [2.24, 2.45) is 0 Å². The number of hydroxylamine groups is 1. The normalized spacial score (nSPS) is 13.7. The Kier molecular flexibility index (Phi) is 2.66. The lowest BCUT2D eigenvalue weighted by Crippen LogP contribution is -2.18. The molecule has 2 aromatic heterocycles. The lowest BCUT2D eigenvalue weighted by molar-refractivity contribution is -0.475.